The van der Waals surface area contributed by atoms with Gasteiger partial charge in [0.15, 0.2) is 0 Å². The molecule has 1 amide bonds. The van der Waals surface area contributed by atoms with Crippen LogP contribution in [0.3, 0.4) is 0 Å². The molecule has 0 atom stereocenters. The van der Waals surface area contributed by atoms with Gasteiger partial charge in [0, 0.05) is 18.5 Å². The molecule has 5 heteroatoms. The lowest BCUT2D eigenvalue weighted by Gasteiger charge is -2.34. The van der Waals surface area contributed by atoms with Gasteiger partial charge in [0.2, 0.25) is 5.91 Å². The molecule has 4 nitrogen and oxygen atoms in total. The van der Waals surface area contributed by atoms with Crippen molar-refractivity contribution in [2.24, 2.45) is 0 Å². The van der Waals surface area contributed by atoms with Crippen molar-refractivity contribution in [2.75, 3.05) is 11.5 Å². The standard InChI is InChI=1S/C12H19NO3S/c14-11(3-4-12(15)16)13(9-1-2-9)10-5-7-17-8-6-10/h9-10H,1-8H2,(H,15,16). The number of carbonyl (C=O) groups excluding carboxylic acids is 1. The molecular weight excluding hydrogens is 238 g/mol. The van der Waals surface area contributed by atoms with Crippen molar-refractivity contribution in [3.63, 3.8) is 0 Å². The normalized spacial score (nSPS) is 21.2. The number of hydrogen-bond acceptors (Lipinski definition) is 3. The molecule has 0 aromatic carbocycles. The van der Waals surface area contributed by atoms with E-state index in [1.807, 2.05) is 16.7 Å². The first-order chi connectivity index (χ1) is 8.18. The third kappa shape index (κ3) is 3.63. The third-order valence-electron chi connectivity index (χ3n) is 3.37. The van der Waals surface area contributed by atoms with Gasteiger partial charge in [0.25, 0.3) is 0 Å². The molecule has 0 unspecified atom stereocenters. The Morgan fingerprint density at radius 1 is 1.06 bits per heavy atom. The Morgan fingerprint density at radius 2 is 1.65 bits per heavy atom. The lowest BCUT2D eigenvalue weighted by molar-refractivity contribution is -0.142. The second kappa shape index (κ2) is 5.76. The van der Waals surface area contributed by atoms with Crippen molar-refractivity contribution < 1.29 is 14.7 Å². The molecule has 1 saturated heterocycles. The van der Waals surface area contributed by atoms with Crippen molar-refractivity contribution in [1.29, 1.82) is 0 Å². The summed E-state index contributed by atoms with van der Waals surface area (Å²) in [6.07, 6.45) is 4.46. The Morgan fingerprint density at radius 3 is 2.18 bits per heavy atom. The number of carbonyl (C=O) groups is 2. The minimum Gasteiger partial charge on any atom is -0.481 e. The Balaban J connectivity index is 1.91. The van der Waals surface area contributed by atoms with E-state index in [0.29, 0.717) is 12.1 Å². The van der Waals surface area contributed by atoms with Crippen LogP contribution in [0.25, 0.3) is 0 Å². The van der Waals surface area contributed by atoms with E-state index < -0.39 is 5.97 Å². The molecule has 0 aromatic rings. The Hall–Kier alpha value is -0.710. The fourth-order valence-electron chi connectivity index (χ4n) is 2.36. The van der Waals surface area contributed by atoms with Gasteiger partial charge in [-0.1, -0.05) is 0 Å². The number of hydrogen-bond donors (Lipinski definition) is 1. The van der Waals surface area contributed by atoms with Crippen LogP contribution in [0.4, 0.5) is 0 Å². The highest BCUT2D eigenvalue weighted by Gasteiger charge is 2.37. The van der Waals surface area contributed by atoms with Crippen molar-refractivity contribution >= 4 is 23.6 Å². The molecule has 1 aliphatic heterocycles. The van der Waals surface area contributed by atoms with Crippen LogP contribution < -0.4 is 0 Å². The molecule has 0 spiro atoms. The maximum atomic E-state index is 12.1. The largest absolute Gasteiger partial charge is 0.481 e. The van der Waals surface area contributed by atoms with Crippen LogP contribution in [0.1, 0.15) is 38.5 Å². The maximum Gasteiger partial charge on any atom is 0.303 e. The summed E-state index contributed by atoms with van der Waals surface area (Å²) in [5.74, 6) is 1.42. The zero-order valence-electron chi connectivity index (χ0n) is 9.93. The highest BCUT2D eigenvalue weighted by molar-refractivity contribution is 7.99. The highest BCUT2D eigenvalue weighted by atomic mass is 32.2. The SMILES string of the molecule is O=C(O)CCC(=O)N(C1CCSCC1)C1CC1. The van der Waals surface area contributed by atoms with Crippen LogP contribution in [0, 0.1) is 0 Å². The first kappa shape index (κ1) is 12.7. The summed E-state index contributed by atoms with van der Waals surface area (Å²) in [5.41, 5.74) is 0. The lowest BCUT2D eigenvalue weighted by Crippen LogP contribution is -2.43. The van der Waals surface area contributed by atoms with Gasteiger partial charge >= 0.3 is 5.97 Å². The van der Waals surface area contributed by atoms with Gasteiger partial charge < -0.3 is 10.0 Å². The number of carboxylic acids is 1. The number of aliphatic carboxylic acids is 1. The van der Waals surface area contributed by atoms with Crippen LogP contribution in [0.5, 0.6) is 0 Å². The molecule has 0 aromatic heterocycles. The molecular formula is C12H19NO3S. The fourth-order valence-corrected chi connectivity index (χ4v) is 3.45. The molecule has 1 N–H and O–H groups in total. The second-order valence-corrected chi connectivity index (χ2v) is 5.99. The minimum atomic E-state index is -0.881. The quantitative estimate of drug-likeness (QED) is 0.815. The van der Waals surface area contributed by atoms with Gasteiger partial charge in [-0.05, 0) is 37.2 Å². The topological polar surface area (TPSA) is 57.6 Å². The van der Waals surface area contributed by atoms with Crippen LogP contribution >= 0.6 is 11.8 Å². The van der Waals surface area contributed by atoms with E-state index in [1.54, 1.807) is 0 Å². The minimum absolute atomic E-state index is 0.0382. The molecule has 2 rings (SSSR count). The monoisotopic (exact) mass is 257 g/mol. The summed E-state index contributed by atoms with van der Waals surface area (Å²) >= 11 is 1.95. The van der Waals surface area contributed by atoms with E-state index in [0.717, 1.165) is 37.2 Å². The molecule has 1 saturated carbocycles. The summed E-state index contributed by atoms with van der Waals surface area (Å²) < 4.78 is 0. The second-order valence-electron chi connectivity index (χ2n) is 4.77. The smallest absolute Gasteiger partial charge is 0.303 e. The Labute approximate surface area is 106 Å². The van der Waals surface area contributed by atoms with Gasteiger partial charge in [-0.15, -0.1) is 0 Å². The average molecular weight is 257 g/mol. The third-order valence-corrected chi connectivity index (χ3v) is 4.41. The van der Waals surface area contributed by atoms with Crippen molar-refractivity contribution in [2.45, 2.75) is 50.6 Å². The van der Waals surface area contributed by atoms with Crippen LogP contribution in [-0.2, 0) is 9.59 Å². The predicted octanol–water partition coefficient (Wildman–Crippen LogP) is 1.74. The molecule has 2 aliphatic rings. The molecule has 96 valence electrons. The number of thioether (sulfide) groups is 1. The molecule has 1 heterocycles. The van der Waals surface area contributed by atoms with Crippen LogP contribution in [-0.4, -0.2) is 45.5 Å². The van der Waals surface area contributed by atoms with E-state index in [9.17, 15) is 9.59 Å². The van der Waals surface area contributed by atoms with E-state index >= 15 is 0 Å². The first-order valence-corrected chi connectivity index (χ1v) is 7.44. The summed E-state index contributed by atoms with van der Waals surface area (Å²) in [5, 5.41) is 8.63. The number of amides is 1. The lowest BCUT2D eigenvalue weighted by atomic mass is 10.1. The van der Waals surface area contributed by atoms with Crippen LogP contribution in [0.15, 0.2) is 0 Å². The molecule has 17 heavy (non-hydrogen) atoms. The van der Waals surface area contributed by atoms with Gasteiger partial charge in [0.1, 0.15) is 0 Å². The Kier molecular flexibility index (Phi) is 4.31. The van der Waals surface area contributed by atoms with Gasteiger partial charge in [-0.25, -0.2) is 0 Å². The summed E-state index contributed by atoms with van der Waals surface area (Å²) in [6.45, 7) is 0. The zero-order valence-corrected chi connectivity index (χ0v) is 10.7. The van der Waals surface area contributed by atoms with Gasteiger partial charge in [-0.3, -0.25) is 9.59 Å². The molecule has 0 radical (unpaired) electrons. The van der Waals surface area contributed by atoms with E-state index in [1.165, 1.54) is 0 Å². The zero-order chi connectivity index (χ0) is 12.3. The first-order valence-electron chi connectivity index (χ1n) is 6.29. The molecule has 2 fully saturated rings. The van der Waals surface area contributed by atoms with Crippen molar-refractivity contribution in [3.05, 3.63) is 0 Å². The molecule has 0 bridgehead atoms. The maximum absolute atomic E-state index is 12.1. The van der Waals surface area contributed by atoms with E-state index in [4.69, 9.17) is 5.11 Å². The summed E-state index contributed by atoms with van der Waals surface area (Å²) in [6, 6.07) is 0.773. The summed E-state index contributed by atoms with van der Waals surface area (Å²) in [4.78, 5) is 24.6. The van der Waals surface area contributed by atoms with Crippen LogP contribution in [0.2, 0.25) is 0 Å². The number of nitrogens with zero attached hydrogens (tertiary/aromatic N) is 1. The number of rotatable bonds is 5. The van der Waals surface area contributed by atoms with E-state index in [2.05, 4.69) is 0 Å². The predicted molar refractivity (Wildman–Crippen MR) is 67.1 cm³/mol. The summed E-state index contributed by atoms with van der Waals surface area (Å²) in [7, 11) is 0. The Bertz CT molecular complexity index is 298. The van der Waals surface area contributed by atoms with Gasteiger partial charge in [-0.2, -0.15) is 11.8 Å². The highest BCUT2D eigenvalue weighted by Crippen LogP contribution is 2.33. The average Bonchev–Trinajstić information content (AvgIpc) is 3.12. The van der Waals surface area contributed by atoms with Crippen molar-refractivity contribution in [1.82, 2.24) is 4.90 Å². The number of carboxylic acid groups (broad SMARTS) is 1. The molecule has 1 aliphatic carbocycles. The van der Waals surface area contributed by atoms with E-state index in [-0.39, 0.29) is 18.7 Å². The fraction of sp³-hybridized carbons (Fsp3) is 0.833. The van der Waals surface area contributed by atoms with Crippen molar-refractivity contribution in [3.8, 4) is 0 Å². The van der Waals surface area contributed by atoms with Gasteiger partial charge in [0.05, 0.1) is 6.42 Å².